The number of piperidine rings is 1. The first-order valence-electron chi connectivity index (χ1n) is 7.51. The number of nitrogens with one attached hydrogen (secondary N) is 2. The Morgan fingerprint density at radius 3 is 2.71 bits per heavy atom. The van der Waals surface area contributed by atoms with Gasteiger partial charge in [-0.25, -0.2) is 14.4 Å². The van der Waals surface area contributed by atoms with Gasteiger partial charge < -0.3 is 5.32 Å². The number of rotatable bonds is 4. The molecule has 5 nitrogen and oxygen atoms in total. The lowest BCUT2D eigenvalue weighted by Crippen LogP contribution is -2.54. The highest BCUT2D eigenvalue weighted by molar-refractivity contribution is 5.98. The summed E-state index contributed by atoms with van der Waals surface area (Å²) in [6, 6.07) is 1.78. The minimum atomic E-state index is -0.512. The third kappa shape index (κ3) is 3.69. The lowest BCUT2D eigenvalue weighted by atomic mass is 10.00. The van der Waals surface area contributed by atoms with Crippen LogP contribution in [0.15, 0.2) is 12.3 Å². The number of anilines is 1. The highest BCUT2D eigenvalue weighted by Gasteiger charge is 2.27. The molecule has 1 aromatic rings. The maximum absolute atomic E-state index is 13.4. The zero-order valence-electron chi connectivity index (χ0n) is 12.8. The van der Waals surface area contributed by atoms with Crippen LogP contribution < -0.4 is 10.7 Å². The van der Waals surface area contributed by atoms with Gasteiger partial charge >= 0.3 is 0 Å². The summed E-state index contributed by atoms with van der Waals surface area (Å²) in [4.78, 5) is 16.4. The summed E-state index contributed by atoms with van der Waals surface area (Å²) < 4.78 is 13.4. The van der Waals surface area contributed by atoms with Crippen LogP contribution in [0.4, 0.5) is 10.2 Å². The van der Waals surface area contributed by atoms with Crippen LogP contribution in [-0.4, -0.2) is 34.5 Å². The van der Waals surface area contributed by atoms with Gasteiger partial charge in [0.05, 0.1) is 11.8 Å². The van der Waals surface area contributed by atoms with Gasteiger partial charge in [0.15, 0.2) is 0 Å². The molecule has 0 aliphatic carbocycles. The Morgan fingerprint density at radius 2 is 2.10 bits per heavy atom. The fraction of sp³-hybridized carbons (Fsp3) is 0.600. The van der Waals surface area contributed by atoms with E-state index < -0.39 is 5.82 Å². The Kier molecular flexibility index (Phi) is 5.12. The highest BCUT2D eigenvalue weighted by atomic mass is 19.1. The molecule has 1 amide bonds. The molecule has 1 fully saturated rings. The first kappa shape index (κ1) is 15.7. The first-order valence-corrected chi connectivity index (χ1v) is 7.51. The Balaban J connectivity index is 2.17. The fourth-order valence-electron chi connectivity index (χ4n) is 2.74. The van der Waals surface area contributed by atoms with Gasteiger partial charge in [-0.1, -0.05) is 6.42 Å². The van der Waals surface area contributed by atoms with Crippen LogP contribution in [0.5, 0.6) is 0 Å². The minimum absolute atomic E-state index is 0.238. The van der Waals surface area contributed by atoms with Crippen LogP contribution in [0.25, 0.3) is 0 Å². The molecule has 0 radical (unpaired) electrons. The van der Waals surface area contributed by atoms with Crippen molar-refractivity contribution in [1.82, 2.24) is 15.4 Å². The summed E-state index contributed by atoms with van der Waals surface area (Å²) in [5, 5.41) is 4.95. The molecule has 2 atom stereocenters. The van der Waals surface area contributed by atoms with Gasteiger partial charge in [0, 0.05) is 18.6 Å². The van der Waals surface area contributed by atoms with Gasteiger partial charge in [-0.2, -0.15) is 0 Å². The first-order chi connectivity index (χ1) is 10.0. The van der Waals surface area contributed by atoms with E-state index in [1.807, 2.05) is 11.9 Å². The van der Waals surface area contributed by atoms with Crippen LogP contribution in [0, 0.1) is 5.82 Å². The second kappa shape index (κ2) is 6.85. The van der Waals surface area contributed by atoms with Crippen LogP contribution in [0.3, 0.4) is 0 Å². The Morgan fingerprint density at radius 1 is 1.43 bits per heavy atom. The number of amides is 1. The van der Waals surface area contributed by atoms with E-state index in [9.17, 15) is 9.18 Å². The molecule has 0 saturated carbocycles. The minimum Gasteiger partial charge on any atom is -0.370 e. The van der Waals surface area contributed by atoms with E-state index >= 15 is 0 Å². The fourth-order valence-corrected chi connectivity index (χ4v) is 2.74. The largest absolute Gasteiger partial charge is 0.370 e. The van der Waals surface area contributed by atoms with E-state index in [0.717, 1.165) is 19.0 Å². The molecule has 1 aliphatic heterocycles. The summed E-state index contributed by atoms with van der Waals surface area (Å²) in [6.07, 6.45) is 4.37. The van der Waals surface area contributed by atoms with Crippen molar-refractivity contribution in [3.8, 4) is 0 Å². The Hall–Kier alpha value is -1.69. The van der Waals surface area contributed by atoms with Gasteiger partial charge in [-0.15, -0.1) is 0 Å². The Bertz CT molecular complexity index is 498. The van der Waals surface area contributed by atoms with E-state index in [0.29, 0.717) is 12.4 Å². The molecule has 0 bridgehead atoms. The second-order valence-corrected chi connectivity index (χ2v) is 5.56. The number of carbonyl (C=O) groups excluding carboxylic acids is 1. The number of pyridine rings is 1. The number of hydrogen-bond donors (Lipinski definition) is 2. The van der Waals surface area contributed by atoms with Crippen molar-refractivity contribution in [2.75, 3.05) is 11.9 Å². The van der Waals surface area contributed by atoms with Crippen molar-refractivity contribution in [3.63, 3.8) is 0 Å². The number of hydrogen-bond acceptors (Lipinski definition) is 4. The summed E-state index contributed by atoms with van der Waals surface area (Å²) in [6.45, 7) is 6.70. The molecule has 116 valence electrons. The molecule has 1 saturated heterocycles. The van der Waals surface area contributed by atoms with Gasteiger partial charge in [0.25, 0.3) is 5.91 Å². The summed E-state index contributed by atoms with van der Waals surface area (Å²) in [5.74, 6) is -0.422. The van der Waals surface area contributed by atoms with Crippen LogP contribution in [-0.2, 0) is 0 Å². The van der Waals surface area contributed by atoms with Gasteiger partial charge in [0.1, 0.15) is 11.6 Å². The van der Waals surface area contributed by atoms with E-state index in [1.54, 1.807) is 0 Å². The van der Waals surface area contributed by atoms with E-state index in [1.165, 1.54) is 12.5 Å². The predicted molar refractivity (Wildman–Crippen MR) is 80.4 cm³/mol. The lowest BCUT2D eigenvalue weighted by molar-refractivity contribution is 0.0370. The van der Waals surface area contributed by atoms with Crippen molar-refractivity contribution in [3.05, 3.63) is 23.6 Å². The summed E-state index contributed by atoms with van der Waals surface area (Å²) >= 11 is 0. The van der Waals surface area contributed by atoms with Gasteiger partial charge in [0.2, 0.25) is 0 Å². The van der Waals surface area contributed by atoms with Crippen molar-refractivity contribution >= 4 is 11.7 Å². The molecule has 1 aromatic heterocycles. The number of halogens is 1. The third-order valence-electron chi connectivity index (χ3n) is 3.87. The third-order valence-corrected chi connectivity index (χ3v) is 3.87. The maximum Gasteiger partial charge on any atom is 0.269 e. The molecular formula is C15H23FN4O. The van der Waals surface area contributed by atoms with Crippen LogP contribution >= 0.6 is 0 Å². The van der Waals surface area contributed by atoms with E-state index in [-0.39, 0.29) is 23.6 Å². The smallest absolute Gasteiger partial charge is 0.269 e. The van der Waals surface area contributed by atoms with Crippen molar-refractivity contribution in [2.24, 2.45) is 0 Å². The topological polar surface area (TPSA) is 57.3 Å². The molecule has 2 unspecified atom stereocenters. The predicted octanol–water partition coefficient (Wildman–Crippen LogP) is 2.56. The van der Waals surface area contributed by atoms with E-state index in [4.69, 9.17) is 0 Å². The van der Waals surface area contributed by atoms with Crippen LogP contribution in [0.2, 0.25) is 0 Å². The lowest BCUT2D eigenvalue weighted by Gasteiger charge is -2.38. The normalized spacial score (nSPS) is 22.9. The second-order valence-electron chi connectivity index (χ2n) is 5.56. The Labute approximate surface area is 124 Å². The molecule has 0 spiro atoms. The van der Waals surface area contributed by atoms with E-state index in [2.05, 4.69) is 29.6 Å². The highest BCUT2D eigenvalue weighted by Crippen LogP contribution is 2.21. The molecular weight excluding hydrogens is 271 g/mol. The van der Waals surface area contributed by atoms with Crippen LogP contribution in [0.1, 0.15) is 50.4 Å². The molecule has 1 aliphatic rings. The van der Waals surface area contributed by atoms with Gasteiger partial charge in [-0.3, -0.25) is 10.2 Å². The average molecular weight is 294 g/mol. The monoisotopic (exact) mass is 294 g/mol. The molecule has 2 heterocycles. The molecule has 6 heteroatoms. The quantitative estimate of drug-likeness (QED) is 0.896. The van der Waals surface area contributed by atoms with Gasteiger partial charge in [-0.05, 0) is 39.7 Å². The maximum atomic E-state index is 13.4. The summed E-state index contributed by atoms with van der Waals surface area (Å²) in [5.41, 5.74) is 3.15. The van der Waals surface area contributed by atoms with Crippen molar-refractivity contribution in [1.29, 1.82) is 0 Å². The standard InChI is InChI=1S/C15H23FN4O/c1-4-17-14-13(8-12(16)9-18-14)15(21)19-20-10(2)6-5-7-11(20)3/h8-11H,4-7H2,1-3H3,(H,17,18)(H,19,21). The number of hydrazine groups is 1. The number of nitrogens with zero attached hydrogens (tertiary/aromatic N) is 2. The molecule has 2 N–H and O–H groups in total. The van der Waals surface area contributed by atoms with Crippen molar-refractivity contribution < 1.29 is 9.18 Å². The van der Waals surface area contributed by atoms with Crippen molar-refractivity contribution in [2.45, 2.75) is 52.1 Å². The average Bonchev–Trinajstić information content (AvgIpc) is 2.45. The number of carbonyl (C=O) groups is 1. The SMILES string of the molecule is CCNc1ncc(F)cc1C(=O)NN1C(C)CCCC1C. The molecule has 2 rings (SSSR count). The zero-order valence-corrected chi connectivity index (χ0v) is 12.8. The summed E-state index contributed by atoms with van der Waals surface area (Å²) in [7, 11) is 0. The molecule has 21 heavy (non-hydrogen) atoms. The zero-order chi connectivity index (χ0) is 15.4. The number of aromatic nitrogens is 1. The molecule has 0 aromatic carbocycles.